The second kappa shape index (κ2) is 7.08. The predicted octanol–water partition coefficient (Wildman–Crippen LogP) is 2.09. The molecule has 0 spiro atoms. The van der Waals surface area contributed by atoms with E-state index in [1.165, 1.54) is 44.2 Å². The number of esters is 1. The Morgan fingerprint density at radius 1 is 1.25 bits per heavy atom. The van der Waals surface area contributed by atoms with Crippen LogP contribution in [0.1, 0.15) is 26.3 Å². The van der Waals surface area contributed by atoms with Crippen molar-refractivity contribution < 1.29 is 19.1 Å². The molecule has 0 aliphatic rings. The first-order valence-electron chi connectivity index (χ1n) is 7.29. The lowest BCUT2D eigenvalue weighted by Crippen LogP contribution is -2.35. The molecule has 0 unspecified atom stereocenters. The van der Waals surface area contributed by atoms with Gasteiger partial charge in [0.1, 0.15) is 18.4 Å². The first-order valence-corrected chi connectivity index (χ1v) is 7.29. The fourth-order valence-corrected chi connectivity index (χ4v) is 2.16. The monoisotopic (exact) mass is 329 g/mol. The van der Waals surface area contributed by atoms with Gasteiger partial charge in [-0.15, -0.1) is 0 Å². The van der Waals surface area contributed by atoms with E-state index in [9.17, 15) is 9.59 Å². The predicted molar refractivity (Wildman–Crippen MR) is 87.2 cm³/mol. The maximum absolute atomic E-state index is 12.6. The number of carbonyl (C=O) groups excluding carboxylic acids is 2. The van der Waals surface area contributed by atoms with Crippen LogP contribution in [-0.4, -0.2) is 39.2 Å². The van der Waals surface area contributed by atoms with Gasteiger partial charge in [-0.2, -0.15) is 5.10 Å². The average Bonchev–Trinajstić information content (AvgIpc) is 3.05. The second-order valence-corrected chi connectivity index (χ2v) is 5.54. The third-order valence-electron chi connectivity index (χ3n) is 3.31. The summed E-state index contributed by atoms with van der Waals surface area (Å²) in [4.78, 5) is 27.7. The van der Waals surface area contributed by atoms with Crippen LogP contribution < -0.4 is 4.74 Å². The fourth-order valence-electron chi connectivity index (χ4n) is 2.16. The number of aromatic nitrogens is 3. The molecule has 0 radical (unpaired) electrons. The van der Waals surface area contributed by atoms with Gasteiger partial charge in [0.05, 0.1) is 12.8 Å². The molecule has 7 nitrogen and oxygen atoms in total. The van der Waals surface area contributed by atoms with Crippen LogP contribution >= 0.6 is 0 Å². The van der Waals surface area contributed by atoms with Gasteiger partial charge in [-0.3, -0.25) is 9.59 Å². The largest absolute Gasteiger partial charge is 0.496 e. The van der Waals surface area contributed by atoms with E-state index in [0.717, 1.165) is 0 Å². The molecule has 1 aromatic heterocycles. The van der Waals surface area contributed by atoms with Gasteiger partial charge >= 0.3 is 5.97 Å². The van der Waals surface area contributed by atoms with Crippen molar-refractivity contribution in [3.8, 4) is 5.75 Å². The minimum absolute atomic E-state index is 0.380. The minimum Gasteiger partial charge on any atom is -0.496 e. The highest BCUT2D eigenvalue weighted by Gasteiger charge is 2.30. The summed E-state index contributed by atoms with van der Waals surface area (Å²) in [6, 6.07) is 7.23. The van der Waals surface area contributed by atoms with Crippen molar-refractivity contribution in [2.24, 2.45) is 0 Å². The molecular formula is C17H19N3O4. The van der Waals surface area contributed by atoms with Gasteiger partial charge in [0.25, 0.3) is 0 Å². The van der Waals surface area contributed by atoms with Crippen LogP contribution in [0.25, 0.3) is 5.70 Å². The number of nitrogens with zero attached hydrogens (tertiary/aromatic N) is 3. The molecule has 1 heterocycles. The van der Waals surface area contributed by atoms with Gasteiger partial charge in [-0.05, 0) is 26.0 Å². The van der Waals surface area contributed by atoms with E-state index in [1.54, 1.807) is 19.2 Å². The molecule has 0 amide bonds. The highest BCUT2D eigenvalue weighted by Crippen LogP contribution is 2.27. The van der Waals surface area contributed by atoms with Gasteiger partial charge in [-0.1, -0.05) is 12.1 Å². The molecular weight excluding hydrogens is 310 g/mol. The van der Waals surface area contributed by atoms with Crippen LogP contribution in [-0.2, 0) is 14.3 Å². The smallest absolute Gasteiger partial charge is 0.303 e. The summed E-state index contributed by atoms with van der Waals surface area (Å²) in [6.07, 6.45) is 4.21. The lowest BCUT2D eigenvalue weighted by atomic mass is 10.0. The van der Waals surface area contributed by atoms with Crippen molar-refractivity contribution in [3.63, 3.8) is 0 Å². The second-order valence-electron chi connectivity index (χ2n) is 5.54. The standard InChI is InChI=1S/C17H19N3O4/c1-12(21)24-17(2,3)16(22)9-14(20-11-18-10-19-20)13-7-5-6-8-15(13)23-4/h5-11H,1-4H3. The third-order valence-corrected chi connectivity index (χ3v) is 3.31. The number of ketones is 1. The maximum atomic E-state index is 12.6. The summed E-state index contributed by atoms with van der Waals surface area (Å²) in [5.74, 6) is -0.326. The molecule has 0 saturated carbocycles. The average molecular weight is 329 g/mol. The zero-order valence-electron chi connectivity index (χ0n) is 14.0. The molecule has 0 aliphatic heterocycles. The quantitative estimate of drug-likeness (QED) is 0.596. The SMILES string of the molecule is COc1ccccc1C(=CC(=O)C(C)(C)OC(C)=O)n1cncn1. The highest BCUT2D eigenvalue weighted by atomic mass is 16.6. The Kier molecular flexibility index (Phi) is 5.13. The van der Waals surface area contributed by atoms with E-state index in [1.807, 2.05) is 12.1 Å². The summed E-state index contributed by atoms with van der Waals surface area (Å²) in [6.45, 7) is 4.33. The van der Waals surface area contributed by atoms with E-state index in [-0.39, 0.29) is 5.78 Å². The van der Waals surface area contributed by atoms with Crippen molar-refractivity contribution in [3.05, 3.63) is 48.6 Å². The molecule has 2 aromatic rings. The Bertz CT molecular complexity index is 764. The number of methoxy groups -OCH3 is 1. The van der Waals surface area contributed by atoms with Gasteiger partial charge in [0.15, 0.2) is 5.60 Å². The van der Waals surface area contributed by atoms with Crippen molar-refractivity contribution in [2.45, 2.75) is 26.4 Å². The Morgan fingerprint density at radius 3 is 2.54 bits per heavy atom. The van der Waals surface area contributed by atoms with Gasteiger partial charge in [-0.25, -0.2) is 9.67 Å². The van der Waals surface area contributed by atoms with Crippen LogP contribution in [0.4, 0.5) is 0 Å². The molecule has 1 aromatic carbocycles. The third kappa shape index (κ3) is 3.87. The molecule has 0 aliphatic carbocycles. The topological polar surface area (TPSA) is 83.3 Å². The number of hydrogen-bond acceptors (Lipinski definition) is 6. The van der Waals surface area contributed by atoms with Crippen LogP contribution in [0.5, 0.6) is 5.75 Å². The van der Waals surface area contributed by atoms with E-state index < -0.39 is 11.6 Å². The van der Waals surface area contributed by atoms with Crippen LogP contribution in [0.3, 0.4) is 0 Å². The summed E-state index contributed by atoms with van der Waals surface area (Å²) in [5, 5.41) is 4.09. The molecule has 0 atom stereocenters. The van der Waals surface area contributed by atoms with E-state index >= 15 is 0 Å². The highest BCUT2D eigenvalue weighted by molar-refractivity contribution is 6.03. The molecule has 0 fully saturated rings. The van der Waals surface area contributed by atoms with Gasteiger partial charge in [0, 0.05) is 18.6 Å². The zero-order valence-corrected chi connectivity index (χ0v) is 14.0. The Labute approximate surface area is 139 Å². The van der Waals surface area contributed by atoms with Gasteiger partial charge < -0.3 is 9.47 Å². The van der Waals surface area contributed by atoms with Crippen molar-refractivity contribution in [1.82, 2.24) is 14.8 Å². The number of hydrogen-bond donors (Lipinski definition) is 0. The van der Waals surface area contributed by atoms with Crippen molar-refractivity contribution in [2.75, 3.05) is 7.11 Å². The first kappa shape index (κ1) is 17.4. The molecule has 0 bridgehead atoms. The molecule has 7 heteroatoms. The van der Waals surface area contributed by atoms with Crippen LogP contribution in [0.2, 0.25) is 0 Å². The zero-order chi connectivity index (χ0) is 17.7. The number of para-hydroxylation sites is 1. The van der Waals surface area contributed by atoms with Crippen LogP contribution in [0.15, 0.2) is 43.0 Å². The normalized spacial score (nSPS) is 11.9. The molecule has 0 saturated heterocycles. The molecule has 2 rings (SSSR count). The maximum Gasteiger partial charge on any atom is 0.303 e. The Balaban J connectivity index is 2.52. The number of carbonyl (C=O) groups is 2. The van der Waals surface area contributed by atoms with E-state index in [0.29, 0.717) is 17.0 Å². The van der Waals surface area contributed by atoms with Gasteiger partial charge in [0.2, 0.25) is 5.78 Å². The summed E-state index contributed by atoms with van der Waals surface area (Å²) in [7, 11) is 1.54. The lowest BCUT2D eigenvalue weighted by Gasteiger charge is -2.22. The lowest BCUT2D eigenvalue weighted by molar-refractivity contribution is -0.159. The van der Waals surface area contributed by atoms with Crippen molar-refractivity contribution in [1.29, 1.82) is 0 Å². The summed E-state index contributed by atoms with van der Waals surface area (Å²) in [5.41, 5.74) is -0.160. The molecule has 24 heavy (non-hydrogen) atoms. The Hall–Kier alpha value is -2.96. The fraction of sp³-hybridized carbons (Fsp3) is 0.294. The number of benzene rings is 1. The Morgan fingerprint density at radius 2 is 1.96 bits per heavy atom. The number of ether oxygens (including phenoxy) is 2. The van der Waals surface area contributed by atoms with Crippen molar-refractivity contribution >= 4 is 17.4 Å². The van der Waals surface area contributed by atoms with E-state index in [2.05, 4.69) is 10.1 Å². The van der Waals surface area contributed by atoms with Crippen LogP contribution in [0, 0.1) is 0 Å². The first-order chi connectivity index (χ1) is 11.3. The van der Waals surface area contributed by atoms with E-state index in [4.69, 9.17) is 9.47 Å². The summed E-state index contributed by atoms with van der Waals surface area (Å²) < 4.78 is 11.9. The summed E-state index contributed by atoms with van der Waals surface area (Å²) >= 11 is 0. The number of rotatable bonds is 6. The molecule has 126 valence electrons. The minimum atomic E-state index is -1.29. The molecule has 0 N–H and O–H groups in total.